The number of hydrogen-bond donors (Lipinski definition) is 1. The summed E-state index contributed by atoms with van der Waals surface area (Å²) in [5.74, 6) is 0. The Hall–Kier alpha value is -1.52. The summed E-state index contributed by atoms with van der Waals surface area (Å²) in [4.78, 5) is 16.7. The molecular formula is C8H14N4O. The van der Waals surface area contributed by atoms with Crippen molar-refractivity contribution in [2.75, 3.05) is 14.1 Å². The maximum absolute atomic E-state index is 11.1. The van der Waals surface area contributed by atoms with Crippen molar-refractivity contribution in [3.8, 4) is 0 Å². The highest BCUT2D eigenvalue weighted by Gasteiger charge is 2.03. The zero-order valence-corrected chi connectivity index (χ0v) is 8.11. The van der Waals surface area contributed by atoms with E-state index in [1.165, 1.54) is 4.90 Å². The minimum atomic E-state index is -0.106. The molecule has 0 aliphatic heterocycles. The predicted molar refractivity (Wildman–Crippen MR) is 49.1 cm³/mol. The van der Waals surface area contributed by atoms with Crippen molar-refractivity contribution in [2.45, 2.75) is 6.54 Å². The van der Waals surface area contributed by atoms with Crippen LogP contribution in [0, 0.1) is 0 Å². The average molecular weight is 182 g/mol. The standard InChI is InChI=1S/C8H14N4O/c1-11(2)8(13)9-4-7-5-12(3)6-10-7/h5-6H,4H2,1-3H3,(H,9,13). The second-order valence-electron chi connectivity index (χ2n) is 3.08. The second-order valence-corrected chi connectivity index (χ2v) is 3.08. The first-order valence-corrected chi connectivity index (χ1v) is 4.01. The minimum Gasteiger partial charge on any atom is -0.340 e. The number of carbonyl (C=O) groups is 1. The smallest absolute Gasteiger partial charge is 0.317 e. The molecule has 72 valence electrons. The molecule has 0 unspecified atom stereocenters. The molecule has 5 nitrogen and oxygen atoms in total. The molecule has 0 fully saturated rings. The molecule has 0 saturated heterocycles. The number of nitrogens with zero attached hydrogens (tertiary/aromatic N) is 3. The quantitative estimate of drug-likeness (QED) is 0.710. The molecule has 1 heterocycles. The van der Waals surface area contributed by atoms with Gasteiger partial charge < -0.3 is 14.8 Å². The van der Waals surface area contributed by atoms with Crippen molar-refractivity contribution in [3.05, 3.63) is 18.2 Å². The van der Waals surface area contributed by atoms with Gasteiger partial charge in [0.1, 0.15) is 0 Å². The summed E-state index contributed by atoms with van der Waals surface area (Å²) in [6.07, 6.45) is 3.58. The Balaban J connectivity index is 2.39. The Labute approximate surface area is 77.4 Å². The third-order valence-corrected chi connectivity index (χ3v) is 1.59. The molecule has 0 saturated carbocycles. The third-order valence-electron chi connectivity index (χ3n) is 1.59. The highest BCUT2D eigenvalue weighted by atomic mass is 16.2. The van der Waals surface area contributed by atoms with Crippen LogP contribution in [0.3, 0.4) is 0 Å². The second kappa shape index (κ2) is 3.93. The van der Waals surface area contributed by atoms with E-state index in [1.54, 1.807) is 20.4 Å². The van der Waals surface area contributed by atoms with Crippen LogP contribution in [0.25, 0.3) is 0 Å². The Morgan fingerprint density at radius 2 is 2.38 bits per heavy atom. The lowest BCUT2D eigenvalue weighted by atomic mass is 10.5. The van der Waals surface area contributed by atoms with Crippen LogP contribution in [0.2, 0.25) is 0 Å². The summed E-state index contributed by atoms with van der Waals surface area (Å²) < 4.78 is 1.84. The SMILES string of the molecule is CN(C)C(=O)NCc1cn(C)cn1. The molecule has 0 aliphatic rings. The van der Waals surface area contributed by atoms with Crippen molar-refractivity contribution < 1.29 is 4.79 Å². The van der Waals surface area contributed by atoms with Gasteiger partial charge in [0.2, 0.25) is 0 Å². The van der Waals surface area contributed by atoms with Gasteiger partial charge in [-0.2, -0.15) is 0 Å². The van der Waals surface area contributed by atoms with Crippen LogP contribution in [0.5, 0.6) is 0 Å². The molecule has 1 aromatic rings. The number of imidazole rings is 1. The largest absolute Gasteiger partial charge is 0.340 e. The number of hydrogen-bond acceptors (Lipinski definition) is 2. The maximum Gasteiger partial charge on any atom is 0.317 e. The van der Waals surface area contributed by atoms with E-state index in [9.17, 15) is 4.79 Å². The van der Waals surface area contributed by atoms with Crippen LogP contribution in [0.15, 0.2) is 12.5 Å². The maximum atomic E-state index is 11.1. The van der Waals surface area contributed by atoms with E-state index in [1.807, 2.05) is 17.8 Å². The van der Waals surface area contributed by atoms with Gasteiger partial charge in [0.05, 0.1) is 18.6 Å². The monoisotopic (exact) mass is 182 g/mol. The van der Waals surface area contributed by atoms with Crippen LogP contribution >= 0.6 is 0 Å². The van der Waals surface area contributed by atoms with Gasteiger partial charge in [-0.3, -0.25) is 0 Å². The van der Waals surface area contributed by atoms with Crippen LogP contribution in [-0.4, -0.2) is 34.6 Å². The highest BCUT2D eigenvalue weighted by Crippen LogP contribution is 1.93. The molecule has 2 amide bonds. The summed E-state index contributed by atoms with van der Waals surface area (Å²) in [6, 6.07) is -0.106. The molecule has 0 aromatic carbocycles. The minimum absolute atomic E-state index is 0.106. The van der Waals surface area contributed by atoms with Crippen molar-refractivity contribution in [2.24, 2.45) is 7.05 Å². The van der Waals surface area contributed by atoms with E-state index >= 15 is 0 Å². The van der Waals surface area contributed by atoms with Crippen molar-refractivity contribution >= 4 is 6.03 Å². The summed E-state index contributed by atoms with van der Waals surface area (Å²) in [5, 5.41) is 2.72. The number of amides is 2. The number of urea groups is 1. The number of aromatic nitrogens is 2. The van der Waals surface area contributed by atoms with Gasteiger partial charge in [-0.15, -0.1) is 0 Å². The Bertz CT molecular complexity index is 292. The summed E-state index contributed by atoms with van der Waals surface area (Å²) >= 11 is 0. The summed E-state index contributed by atoms with van der Waals surface area (Å²) in [7, 11) is 5.30. The molecule has 1 aromatic heterocycles. The number of nitrogens with one attached hydrogen (secondary N) is 1. The van der Waals surface area contributed by atoms with Crippen molar-refractivity contribution in [3.63, 3.8) is 0 Å². The zero-order valence-electron chi connectivity index (χ0n) is 8.11. The first-order valence-electron chi connectivity index (χ1n) is 4.01. The molecule has 1 rings (SSSR count). The Morgan fingerprint density at radius 1 is 1.69 bits per heavy atom. The fourth-order valence-electron chi connectivity index (χ4n) is 0.883. The fourth-order valence-corrected chi connectivity index (χ4v) is 0.883. The van der Waals surface area contributed by atoms with Gasteiger partial charge in [0, 0.05) is 27.3 Å². The van der Waals surface area contributed by atoms with Crippen LogP contribution < -0.4 is 5.32 Å². The number of carbonyl (C=O) groups excluding carboxylic acids is 1. The normalized spacial score (nSPS) is 9.77. The van der Waals surface area contributed by atoms with Crippen molar-refractivity contribution in [1.29, 1.82) is 0 Å². The average Bonchev–Trinajstić information content (AvgIpc) is 2.47. The van der Waals surface area contributed by atoms with E-state index in [-0.39, 0.29) is 6.03 Å². The van der Waals surface area contributed by atoms with E-state index in [2.05, 4.69) is 10.3 Å². The Morgan fingerprint density at radius 3 is 2.85 bits per heavy atom. The molecule has 13 heavy (non-hydrogen) atoms. The fraction of sp³-hybridized carbons (Fsp3) is 0.500. The molecule has 5 heteroatoms. The van der Waals surface area contributed by atoms with Gasteiger partial charge in [-0.05, 0) is 0 Å². The first-order chi connectivity index (χ1) is 6.09. The molecule has 0 atom stereocenters. The molecule has 0 bridgehead atoms. The molecule has 0 radical (unpaired) electrons. The lowest BCUT2D eigenvalue weighted by Gasteiger charge is -2.10. The van der Waals surface area contributed by atoms with Gasteiger partial charge in [0.15, 0.2) is 0 Å². The van der Waals surface area contributed by atoms with Crippen molar-refractivity contribution in [1.82, 2.24) is 19.8 Å². The zero-order chi connectivity index (χ0) is 9.84. The predicted octanol–water partition coefficient (Wildman–Crippen LogP) is 0.191. The van der Waals surface area contributed by atoms with E-state index in [0.717, 1.165) is 5.69 Å². The molecule has 0 spiro atoms. The molecular weight excluding hydrogens is 168 g/mol. The van der Waals surface area contributed by atoms with Gasteiger partial charge in [-0.25, -0.2) is 9.78 Å². The highest BCUT2D eigenvalue weighted by molar-refractivity contribution is 5.73. The topological polar surface area (TPSA) is 50.2 Å². The molecule has 1 N–H and O–H groups in total. The van der Waals surface area contributed by atoms with E-state index in [0.29, 0.717) is 6.54 Å². The summed E-state index contributed by atoms with van der Waals surface area (Å²) in [5.41, 5.74) is 0.859. The number of aryl methyl sites for hydroxylation is 1. The van der Waals surface area contributed by atoms with Gasteiger partial charge >= 0.3 is 6.03 Å². The van der Waals surface area contributed by atoms with E-state index < -0.39 is 0 Å². The van der Waals surface area contributed by atoms with Crippen LogP contribution in [-0.2, 0) is 13.6 Å². The van der Waals surface area contributed by atoms with Gasteiger partial charge in [0.25, 0.3) is 0 Å². The third kappa shape index (κ3) is 2.77. The van der Waals surface area contributed by atoms with Crippen LogP contribution in [0.4, 0.5) is 4.79 Å². The summed E-state index contributed by atoms with van der Waals surface area (Å²) in [6.45, 7) is 0.470. The van der Waals surface area contributed by atoms with E-state index in [4.69, 9.17) is 0 Å². The molecule has 0 aliphatic carbocycles. The lowest BCUT2D eigenvalue weighted by Crippen LogP contribution is -2.33. The van der Waals surface area contributed by atoms with Crippen LogP contribution in [0.1, 0.15) is 5.69 Å². The Kier molecular flexibility index (Phi) is 2.89. The van der Waals surface area contributed by atoms with Gasteiger partial charge in [-0.1, -0.05) is 0 Å². The first kappa shape index (κ1) is 9.57. The number of rotatable bonds is 2. The lowest BCUT2D eigenvalue weighted by molar-refractivity contribution is 0.217.